The predicted octanol–water partition coefficient (Wildman–Crippen LogP) is 6.41. The summed E-state index contributed by atoms with van der Waals surface area (Å²) in [5, 5.41) is 0. The summed E-state index contributed by atoms with van der Waals surface area (Å²) in [5.41, 5.74) is 3.91. The lowest BCUT2D eigenvalue weighted by Crippen LogP contribution is -1.84. The summed E-state index contributed by atoms with van der Waals surface area (Å²) in [5.74, 6) is 0.975. The maximum atomic E-state index is 3.53. The maximum Gasteiger partial charge on any atom is 0.0232 e. The van der Waals surface area contributed by atoms with E-state index >= 15 is 0 Å². The smallest absolute Gasteiger partial charge is 0.0232 e. The summed E-state index contributed by atoms with van der Waals surface area (Å²) in [6.07, 6.45) is 0. The van der Waals surface area contributed by atoms with Crippen molar-refractivity contribution in [2.75, 3.05) is 0 Å². The van der Waals surface area contributed by atoms with E-state index in [4.69, 9.17) is 0 Å². The van der Waals surface area contributed by atoms with Crippen LogP contribution >= 0.6 is 27.7 Å². The number of rotatable bonds is 4. The molecule has 0 N–H and O–H groups in total. The Morgan fingerprint density at radius 3 is 2.33 bits per heavy atom. The molecule has 0 unspecified atom stereocenters. The third kappa shape index (κ3) is 3.78. The van der Waals surface area contributed by atoms with Gasteiger partial charge >= 0.3 is 0 Å². The minimum absolute atomic E-state index is 0.975. The minimum atomic E-state index is 0.975. The van der Waals surface area contributed by atoms with Crippen molar-refractivity contribution < 1.29 is 0 Å². The molecule has 0 aliphatic carbocycles. The number of hydrogen-bond donors (Lipinski definition) is 0. The average molecular weight is 355 g/mol. The SMILES string of the molecule is Brc1cccc(CSc2ccccc2-c2ccccc2)c1. The number of thioether (sulfide) groups is 1. The highest BCUT2D eigenvalue weighted by Crippen LogP contribution is 2.33. The van der Waals surface area contributed by atoms with Gasteiger partial charge in [0.25, 0.3) is 0 Å². The molecule has 0 saturated heterocycles. The number of benzene rings is 3. The zero-order chi connectivity index (χ0) is 14.5. The summed E-state index contributed by atoms with van der Waals surface area (Å²) >= 11 is 5.41. The minimum Gasteiger partial charge on any atom is -0.121 e. The first-order valence-electron chi connectivity index (χ1n) is 6.84. The van der Waals surface area contributed by atoms with Gasteiger partial charge in [0, 0.05) is 15.1 Å². The van der Waals surface area contributed by atoms with Gasteiger partial charge in [-0.05, 0) is 34.9 Å². The zero-order valence-electron chi connectivity index (χ0n) is 11.5. The molecule has 104 valence electrons. The Labute approximate surface area is 138 Å². The van der Waals surface area contributed by atoms with E-state index in [1.54, 1.807) is 0 Å². The monoisotopic (exact) mass is 354 g/mol. The standard InChI is InChI=1S/C19H15BrS/c20-17-10-6-7-15(13-17)14-21-19-12-5-4-11-18(19)16-8-2-1-3-9-16/h1-13H,14H2. The maximum absolute atomic E-state index is 3.53. The molecular weight excluding hydrogens is 340 g/mol. The first kappa shape index (κ1) is 14.4. The van der Waals surface area contributed by atoms with Crippen LogP contribution in [0.4, 0.5) is 0 Å². The van der Waals surface area contributed by atoms with Crippen LogP contribution in [-0.4, -0.2) is 0 Å². The quantitative estimate of drug-likeness (QED) is 0.488. The van der Waals surface area contributed by atoms with Gasteiger partial charge in [0.15, 0.2) is 0 Å². The molecule has 0 nitrogen and oxygen atoms in total. The van der Waals surface area contributed by atoms with Gasteiger partial charge in [0.1, 0.15) is 0 Å². The Kier molecular flexibility index (Phi) is 4.79. The first-order chi connectivity index (χ1) is 10.3. The van der Waals surface area contributed by atoms with Crippen molar-refractivity contribution in [1.29, 1.82) is 0 Å². The van der Waals surface area contributed by atoms with Gasteiger partial charge in [-0.1, -0.05) is 76.6 Å². The van der Waals surface area contributed by atoms with E-state index in [1.165, 1.54) is 21.6 Å². The number of hydrogen-bond acceptors (Lipinski definition) is 1. The van der Waals surface area contributed by atoms with E-state index in [0.29, 0.717) is 0 Å². The molecule has 3 rings (SSSR count). The molecule has 0 fully saturated rings. The summed E-state index contributed by atoms with van der Waals surface area (Å²) in [4.78, 5) is 1.32. The van der Waals surface area contributed by atoms with Crippen molar-refractivity contribution in [2.24, 2.45) is 0 Å². The normalized spacial score (nSPS) is 10.5. The van der Waals surface area contributed by atoms with Gasteiger partial charge in [-0.2, -0.15) is 0 Å². The van der Waals surface area contributed by atoms with E-state index in [9.17, 15) is 0 Å². The third-order valence-electron chi connectivity index (χ3n) is 3.26. The van der Waals surface area contributed by atoms with Gasteiger partial charge in [0.2, 0.25) is 0 Å². The van der Waals surface area contributed by atoms with Crippen LogP contribution in [0.3, 0.4) is 0 Å². The van der Waals surface area contributed by atoms with Crippen LogP contribution in [0.15, 0.2) is 88.2 Å². The predicted molar refractivity (Wildman–Crippen MR) is 95.6 cm³/mol. The van der Waals surface area contributed by atoms with Crippen LogP contribution in [-0.2, 0) is 5.75 Å². The van der Waals surface area contributed by atoms with Crippen LogP contribution in [0, 0.1) is 0 Å². The lowest BCUT2D eigenvalue weighted by molar-refractivity contribution is 1.37. The van der Waals surface area contributed by atoms with Crippen LogP contribution < -0.4 is 0 Å². The average Bonchev–Trinajstić information content (AvgIpc) is 2.54. The van der Waals surface area contributed by atoms with Gasteiger partial charge in [-0.25, -0.2) is 0 Å². The molecule has 0 radical (unpaired) electrons. The molecule has 0 aromatic heterocycles. The van der Waals surface area contributed by atoms with Crippen LogP contribution in [0.2, 0.25) is 0 Å². The molecule has 3 aromatic carbocycles. The van der Waals surface area contributed by atoms with Crippen LogP contribution in [0.25, 0.3) is 11.1 Å². The molecule has 0 heterocycles. The summed E-state index contributed by atoms with van der Waals surface area (Å²) < 4.78 is 1.14. The van der Waals surface area contributed by atoms with Crippen molar-refractivity contribution in [2.45, 2.75) is 10.6 Å². The molecule has 0 spiro atoms. The van der Waals surface area contributed by atoms with E-state index in [1.807, 2.05) is 11.8 Å². The van der Waals surface area contributed by atoms with Gasteiger partial charge in [-0.3, -0.25) is 0 Å². The third-order valence-corrected chi connectivity index (χ3v) is 4.89. The summed E-state index contributed by atoms with van der Waals surface area (Å²) in [6, 6.07) is 27.7. The fraction of sp³-hybridized carbons (Fsp3) is 0.0526. The van der Waals surface area contributed by atoms with Crippen LogP contribution in [0.5, 0.6) is 0 Å². The second-order valence-electron chi connectivity index (χ2n) is 4.78. The Morgan fingerprint density at radius 2 is 1.52 bits per heavy atom. The fourth-order valence-electron chi connectivity index (χ4n) is 2.24. The molecule has 0 saturated carbocycles. The Bertz CT molecular complexity index is 722. The lowest BCUT2D eigenvalue weighted by atomic mass is 10.1. The van der Waals surface area contributed by atoms with E-state index in [0.717, 1.165) is 10.2 Å². The van der Waals surface area contributed by atoms with Crippen molar-refractivity contribution in [1.82, 2.24) is 0 Å². The molecule has 0 atom stereocenters. The van der Waals surface area contributed by atoms with E-state index < -0.39 is 0 Å². The zero-order valence-corrected chi connectivity index (χ0v) is 13.9. The molecule has 3 aromatic rings. The van der Waals surface area contributed by atoms with Crippen molar-refractivity contribution in [3.8, 4) is 11.1 Å². The second-order valence-corrected chi connectivity index (χ2v) is 6.71. The van der Waals surface area contributed by atoms with Crippen molar-refractivity contribution in [3.63, 3.8) is 0 Å². The van der Waals surface area contributed by atoms with E-state index in [-0.39, 0.29) is 0 Å². The fourth-order valence-corrected chi connectivity index (χ4v) is 3.70. The Hall–Kier alpha value is -1.51. The molecule has 0 bridgehead atoms. The number of halogens is 1. The molecule has 21 heavy (non-hydrogen) atoms. The molecular formula is C19H15BrS. The molecule has 2 heteroatoms. The summed E-state index contributed by atoms with van der Waals surface area (Å²) in [6.45, 7) is 0. The Morgan fingerprint density at radius 1 is 0.762 bits per heavy atom. The van der Waals surface area contributed by atoms with Gasteiger partial charge in [0.05, 0.1) is 0 Å². The highest BCUT2D eigenvalue weighted by molar-refractivity contribution is 9.10. The topological polar surface area (TPSA) is 0 Å². The molecule has 0 amide bonds. The molecule has 0 aliphatic heterocycles. The largest absolute Gasteiger partial charge is 0.121 e. The van der Waals surface area contributed by atoms with Crippen LogP contribution in [0.1, 0.15) is 5.56 Å². The van der Waals surface area contributed by atoms with Crippen molar-refractivity contribution >= 4 is 27.7 Å². The summed E-state index contributed by atoms with van der Waals surface area (Å²) in [7, 11) is 0. The van der Waals surface area contributed by atoms with Crippen molar-refractivity contribution in [3.05, 3.63) is 88.9 Å². The lowest BCUT2D eigenvalue weighted by Gasteiger charge is -2.09. The van der Waals surface area contributed by atoms with E-state index in [2.05, 4.69) is 94.8 Å². The highest BCUT2D eigenvalue weighted by Gasteiger charge is 2.05. The highest BCUT2D eigenvalue weighted by atomic mass is 79.9. The van der Waals surface area contributed by atoms with Gasteiger partial charge < -0.3 is 0 Å². The molecule has 0 aliphatic rings. The second kappa shape index (κ2) is 6.97. The Balaban J connectivity index is 1.83. The first-order valence-corrected chi connectivity index (χ1v) is 8.62. The van der Waals surface area contributed by atoms with Gasteiger partial charge in [-0.15, -0.1) is 11.8 Å².